The summed E-state index contributed by atoms with van der Waals surface area (Å²) in [4.78, 5) is 1.62. The van der Waals surface area contributed by atoms with E-state index in [1.165, 1.54) is 10.5 Å². The Labute approximate surface area is 155 Å². The van der Waals surface area contributed by atoms with Crippen molar-refractivity contribution in [3.8, 4) is 23.0 Å². The minimum atomic E-state index is 0.356. The molecule has 0 fully saturated rings. The summed E-state index contributed by atoms with van der Waals surface area (Å²) in [5.74, 6) is 1.74. The van der Waals surface area contributed by atoms with Gasteiger partial charge in [-0.1, -0.05) is 0 Å². The first-order valence-corrected chi connectivity index (χ1v) is 9.08. The smallest absolute Gasteiger partial charge is 0.292 e. The van der Waals surface area contributed by atoms with Gasteiger partial charge in [-0.15, -0.1) is 5.10 Å². The zero-order valence-electron chi connectivity index (χ0n) is 14.3. The molecule has 0 saturated heterocycles. The molecule has 8 heteroatoms. The minimum absolute atomic E-state index is 0.356. The minimum Gasteiger partial charge on any atom is -0.493 e. The molecule has 1 N–H and O–H groups in total. The molecular weight excluding hydrogens is 358 g/mol. The van der Waals surface area contributed by atoms with E-state index in [2.05, 4.69) is 29.0 Å². The monoisotopic (exact) mass is 378 g/mol. The van der Waals surface area contributed by atoms with Crippen molar-refractivity contribution in [1.82, 2.24) is 9.78 Å². The normalized spacial score (nSPS) is 12.1. The van der Waals surface area contributed by atoms with Gasteiger partial charge in [0.15, 0.2) is 18.2 Å². The van der Waals surface area contributed by atoms with E-state index in [0.29, 0.717) is 28.9 Å². The first-order chi connectivity index (χ1) is 12.1. The Morgan fingerprint density at radius 2 is 2.04 bits per heavy atom. The molecule has 1 aromatic carbocycles. The van der Waals surface area contributed by atoms with Crippen molar-refractivity contribution in [3.05, 3.63) is 45.4 Å². The number of quaternary nitrogens is 1. The third-order valence-corrected chi connectivity index (χ3v) is 4.77. The Hall–Kier alpha value is -2.16. The highest BCUT2D eigenvalue weighted by Crippen LogP contribution is 2.31. The lowest BCUT2D eigenvalue weighted by Gasteiger charge is -2.12. The maximum atomic E-state index is 5.67. The molecule has 0 amide bonds. The van der Waals surface area contributed by atoms with Gasteiger partial charge < -0.3 is 18.8 Å². The van der Waals surface area contributed by atoms with Crippen LogP contribution < -0.4 is 14.4 Å². The Bertz CT molecular complexity index is 887. The van der Waals surface area contributed by atoms with E-state index in [-0.39, 0.29) is 0 Å². The molecule has 0 aliphatic heterocycles. The number of nitrogens with zero attached hydrogens (tertiary/aromatic N) is 2. The fourth-order valence-electron chi connectivity index (χ4n) is 2.55. The third kappa shape index (κ3) is 4.09. The number of hydrogen-bond acceptors (Lipinski definition) is 6. The molecule has 2 aromatic heterocycles. The summed E-state index contributed by atoms with van der Waals surface area (Å²) in [7, 11) is 5.30. The van der Waals surface area contributed by atoms with Crippen LogP contribution >= 0.6 is 23.6 Å². The van der Waals surface area contributed by atoms with Gasteiger partial charge in [-0.3, -0.25) is 0 Å². The van der Waals surface area contributed by atoms with Gasteiger partial charge in [0.05, 0.1) is 21.3 Å². The molecule has 0 radical (unpaired) electrons. The quantitative estimate of drug-likeness (QED) is 0.641. The summed E-state index contributed by atoms with van der Waals surface area (Å²) in [5, 5.41) is 8.75. The Balaban J connectivity index is 1.79. The second kappa shape index (κ2) is 7.81. The van der Waals surface area contributed by atoms with E-state index >= 15 is 0 Å². The van der Waals surface area contributed by atoms with Crippen LogP contribution in [0.1, 0.15) is 5.56 Å². The number of rotatable bonds is 7. The molecule has 0 aliphatic rings. The molecule has 6 nitrogen and oxygen atoms in total. The molecule has 1 atom stereocenters. The fourth-order valence-corrected chi connectivity index (χ4v) is 3.40. The largest absolute Gasteiger partial charge is 0.493 e. The van der Waals surface area contributed by atoms with Crippen molar-refractivity contribution in [2.75, 3.05) is 21.3 Å². The highest BCUT2D eigenvalue weighted by atomic mass is 32.1. The van der Waals surface area contributed by atoms with Crippen LogP contribution in [0.15, 0.2) is 39.4 Å². The van der Waals surface area contributed by atoms with Gasteiger partial charge in [0.2, 0.25) is 5.89 Å². The average Bonchev–Trinajstić information content (AvgIpc) is 3.24. The topological polar surface area (TPSA) is 53.9 Å². The lowest BCUT2D eigenvalue weighted by Crippen LogP contribution is -3.06. The van der Waals surface area contributed by atoms with Gasteiger partial charge in [0, 0.05) is 11.1 Å². The lowest BCUT2D eigenvalue weighted by molar-refractivity contribution is -0.917. The predicted octanol–water partition coefficient (Wildman–Crippen LogP) is 2.62. The zero-order valence-corrected chi connectivity index (χ0v) is 15.9. The number of aromatic nitrogens is 2. The average molecular weight is 378 g/mol. The van der Waals surface area contributed by atoms with Crippen molar-refractivity contribution in [3.63, 3.8) is 0 Å². The van der Waals surface area contributed by atoms with E-state index in [4.69, 9.17) is 26.1 Å². The molecule has 25 heavy (non-hydrogen) atoms. The SMILES string of the molecule is COc1ccc(-c2nn(C[NH+](C)Cc3ccsc3)c(=S)o2)cc1OC. The first kappa shape index (κ1) is 17.7. The second-order valence-electron chi connectivity index (χ2n) is 5.67. The Morgan fingerprint density at radius 1 is 1.24 bits per heavy atom. The van der Waals surface area contributed by atoms with E-state index < -0.39 is 0 Å². The van der Waals surface area contributed by atoms with Gasteiger partial charge >= 0.3 is 0 Å². The summed E-state index contributed by atoms with van der Waals surface area (Å²) >= 11 is 7.02. The van der Waals surface area contributed by atoms with Crippen LogP contribution in [0.2, 0.25) is 0 Å². The molecule has 3 aromatic rings. The summed E-state index contributed by atoms with van der Waals surface area (Å²) in [6.45, 7) is 1.54. The Morgan fingerprint density at radius 3 is 2.72 bits per heavy atom. The summed E-state index contributed by atoms with van der Waals surface area (Å²) < 4.78 is 18.0. The molecule has 0 spiro atoms. The molecule has 132 valence electrons. The fraction of sp³-hybridized carbons (Fsp3) is 0.294. The van der Waals surface area contributed by atoms with Crippen LogP contribution in [0.25, 0.3) is 11.5 Å². The van der Waals surface area contributed by atoms with Gasteiger partial charge in [-0.05, 0) is 47.2 Å². The highest BCUT2D eigenvalue weighted by molar-refractivity contribution is 7.71. The molecule has 0 saturated carbocycles. The van der Waals surface area contributed by atoms with Crippen molar-refractivity contribution in [2.45, 2.75) is 13.2 Å². The predicted molar refractivity (Wildman–Crippen MR) is 98.8 cm³/mol. The van der Waals surface area contributed by atoms with Crippen molar-refractivity contribution in [1.29, 1.82) is 0 Å². The number of hydrogen-bond donors (Lipinski definition) is 1. The van der Waals surface area contributed by atoms with Crippen LogP contribution in [0.5, 0.6) is 11.5 Å². The van der Waals surface area contributed by atoms with Crippen LogP contribution in [0.4, 0.5) is 0 Å². The van der Waals surface area contributed by atoms with E-state index in [9.17, 15) is 0 Å². The van der Waals surface area contributed by atoms with Crippen LogP contribution in [-0.4, -0.2) is 31.0 Å². The van der Waals surface area contributed by atoms with Crippen LogP contribution in [0, 0.1) is 4.84 Å². The van der Waals surface area contributed by atoms with Gasteiger partial charge in [-0.25, -0.2) is 0 Å². The van der Waals surface area contributed by atoms with Crippen molar-refractivity contribution < 1.29 is 18.8 Å². The van der Waals surface area contributed by atoms with Crippen LogP contribution in [-0.2, 0) is 13.2 Å². The van der Waals surface area contributed by atoms with E-state index in [1.807, 2.05) is 18.2 Å². The second-order valence-corrected chi connectivity index (χ2v) is 6.80. The molecule has 1 unspecified atom stereocenters. The molecule has 2 heterocycles. The number of methoxy groups -OCH3 is 2. The maximum Gasteiger partial charge on any atom is 0.292 e. The number of benzene rings is 1. The molecule has 0 bridgehead atoms. The van der Waals surface area contributed by atoms with E-state index in [0.717, 1.165) is 12.1 Å². The number of nitrogens with one attached hydrogen (secondary N) is 1. The first-order valence-electron chi connectivity index (χ1n) is 7.73. The molecule has 0 aliphatic carbocycles. The molecule has 3 rings (SSSR count). The van der Waals surface area contributed by atoms with Gasteiger partial charge in [0.25, 0.3) is 4.84 Å². The lowest BCUT2D eigenvalue weighted by atomic mass is 10.2. The summed E-state index contributed by atoms with van der Waals surface area (Å²) in [6, 6.07) is 7.64. The Kier molecular flexibility index (Phi) is 5.52. The number of ether oxygens (including phenoxy) is 2. The van der Waals surface area contributed by atoms with Crippen LogP contribution in [0.3, 0.4) is 0 Å². The summed E-state index contributed by atoms with van der Waals surface area (Å²) in [5.41, 5.74) is 2.09. The standard InChI is InChI=1S/C17H19N3O3S2/c1-19(9-12-6-7-25-10-12)11-20-17(24)23-16(18-20)13-4-5-14(21-2)15(8-13)22-3/h4-8,10H,9,11H2,1-3H3/p+1. The van der Waals surface area contributed by atoms with Gasteiger partial charge in [-0.2, -0.15) is 16.0 Å². The molecular formula is C17H20N3O3S2+. The van der Waals surface area contributed by atoms with Gasteiger partial charge in [0.1, 0.15) is 6.54 Å². The third-order valence-electron chi connectivity index (χ3n) is 3.74. The van der Waals surface area contributed by atoms with E-state index in [1.54, 1.807) is 30.2 Å². The maximum absolute atomic E-state index is 5.67. The van der Waals surface area contributed by atoms with Crippen molar-refractivity contribution >= 4 is 23.6 Å². The summed E-state index contributed by atoms with van der Waals surface area (Å²) in [6.07, 6.45) is 0. The highest BCUT2D eigenvalue weighted by Gasteiger charge is 2.14. The van der Waals surface area contributed by atoms with Crippen molar-refractivity contribution in [2.24, 2.45) is 0 Å². The zero-order chi connectivity index (χ0) is 17.8. The number of thiophene rings is 1.